The average Bonchev–Trinajstić information content (AvgIpc) is 3.11. The van der Waals surface area contributed by atoms with Gasteiger partial charge in [0.1, 0.15) is 0 Å². The van der Waals surface area contributed by atoms with E-state index in [0.717, 1.165) is 30.9 Å². The highest BCUT2D eigenvalue weighted by Gasteiger charge is 2.31. The van der Waals surface area contributed by atoms with Gasteiger partial charge in [-0.1, -0.05) is 18.2 Å². The molecule has 3 aromatic rings. The van der Waals surface area contributed by atoms with Crippen LogP contribution in [-0.2, 0) is 13.0 Å². The number of pyridine rings is 1. The standard InChI is InChI=1S/C19H20N4S/c1-24-16-7-5-14(6-8-16)19-18-17(21-13-22-18)9-11-23(19)12-15-4-2-3-10-20-15/h2-8,10,13,19H,9,11-12H2,1H3,(H,21,22). The third kappa shape index (κ3) is 2.97. The molecule has 122 valence electrons. The molecule has 0 bridgehead atoms. The molecule has 1 aromatic carbocycles. The van der Waals surface area contributed by atoms with Crippen LogP contribution < -0.4 is 0 Å². The Bertz CT molecular complexity index is 798. The molecular formula is C19H20N4S. The minimum absolute atomic E-state index is 0.179. The molecule has 0 saturated carbocycles. The SMILES string of the molecule is CSc1ccc(C2c3nc[nH]c3CCN2Cc2ccccn2)cc1. The van der Waals surface area contributed by atoms with Gasteiger partial charge in [0.2, 0.25) is 0 Å². The van der Waals surface area contributed by atoms with E-state index < -0.39 is 0 Å². The van der Waals surface area contributed by atoms with Crippen molar-refractivity contribution in [2.24, 2.45) is 0 Å². The predicted octanol–water partition coefficient (Wildman–Crippen LogP) is 3.67. The molecule has 4 rings (SSSR count). The maximum atomic E-state index is 4.63. The van der Waals surface area contributed by atoms with Gasteiger partial charge in [0, 0.05) is 36.3 Å². The lowest BCUT2D eigenvalue weighted by Gasteiger charge is -2.35. The Morgan fingerprint density at radius 1 is 1.17 bits per heavy atom. The fraction of sp³-hybridized carbons (Fsp3) is 0.263. The molecule has 0 spiro atoms. The maximum absolute atomic E-state index is 4.63. The summed E-state index contributed by atoms with van der Waals surface area (Å²) in [6.07, 6.45) is 6.79. The third-order valence-corrected chi connectivity index (χ3v) is 5.29. The second kappa shape index (κ2) is 6.79. The number of aromatic nitrogens is 3. The first-order valence-corrected chi connectivity index (χ1v) is 9.37. The number of H-pyrrole nitrogens is 1. The number of aromatic amines is 1. The van der Waals surface area contributed by atoms with E-state index in [0.29, 0.717) is 0 Å². The summed E-state index contributed by atoms with van der Waals surface area (Å²) in [6.45, 7) is 1.84. The number of imidazole rings is 1. The van der Waals surface area contributed by atoms with Gasteiger partial charge in [0.15, 0.2) is 0 Å². The Hall–Kier alpha value is -2.11. The number of hydrogen-bond acceptors (Lipinski definition) is 4. The lowest BCUT2D eigenvalue weighted by atomic mass is 9.95. The van der Waals surface area contributed by atoms with E-state index in [1.807, 2.05) is 18.6 Å². The Morgan fingerprint density at radius 2 is 2.04 bits per heavy atom. The van der Waals surface area contributed by atoms with Gasteiger partial charge in [-0.2, -0.15) is 0 Å². The number of nitrogens with one attached hydrogen (secondary N) is 1. The van der Waals surface area contributed by atoms with Gasteiger partial charge < -0.3 is 4.98 Å². The smallest absolute Gasteiger partial charge is 0.0926 e. The number of rotatable bonds is 4. The van der Waals surface area contributed by atoms with Crippen LogP contribution in [0.25, 0.3) is 0 Å². The second-order valence-corrected chi connectivity index (χ2v) is 6.86. The van der Waals surface area contributed by atoms with Crippen LogP contribution in [0.15, 0.2) is 59.9 Å². The fourth-order valence-corrected chi connectivity index (χ4v) is 3.76. The van der Waals surface area contributed by atoms with Gasteiger partial charge in [0.05, 0.1) is 23.8 Å². The highest BCUT2D eigenvalue weighted by atomic mass is 32.2. The van der Waals surface area contributed by atoms with Gasteiger partial charge in [-0.05, 0) is 36.1 Å². The van der Waals surface area contributed by atoms with Crippen molar-refractivity contribution in [1.29, 1.82) is 0 Å². The Labute approximate surface area is 146 Å². The molecule has 1 atom stereocenters. The van der Waals surface area contributed by atoms with Crippen LogP contribution in [0.1, 0.15) is 28.7 Å². The van der Waals surface area contributed by atoms with E-state index in [-0.39, 0.29) is 6.04 Å². The van der Waals surface area contributed by atoms with E-state index in [4.69, 9.17) is 0 Å². The number of hydrogen-bond donors (Lipinski definition) is 1. The summed E-state index contributed by atoms with van der Waals surface area (Å²) in [5.41, 5.74) is 4.79. The van der Waals surface area contributed by atoms with Crippen LogP contribution >= 0.6 is 11.8 Å². The van der Waals surface area contributed by atoms with Gasteiger partial charge in [0.25, 0.3) is 0 Å². The van der Waals surface area contributed by atoms with E-state index >= 15 is 0 Å². The van der Waals surface area contributed by atoms with Gasteiger partial charge in [-0.3, -0.25) is 9.88 Å². The summed E-state index contributed by atoms with van der Waals surface area (Å²) < 4.78 is 0. The zero-order chi connectivity index (χ0) is 16.4. The molecule has 4 nitrogen and oxygen atoms in total. The normalized spacial score (nSPS) is 17.6. The molecule has 24 heavy (non-hydrogen) atoms. The molecule has 1 aliphatic heterocycles. The summed E-state index contributed by atoms with van der Waals surface area (Å²) in [7, 11) is 0. The summed E-state index contributed by atoms with van der Waals surface area (Å²) in [5, 5.41) is 0. The van der Waals surface area contributed by atoms with Crippen molar-refractivity contribution in [1.82, 2.24) is 19.9 Å². The minimum atomic E-state index is 0.179. The topological polar surface area (TPSA) is 44.8 Å². The number of thioether (sulfide) groups is 1. The molecule has 0 saturated heterocycles. The molecule has 0 amide bonds. The Balaban J connectivity index is 1.69. The quantitative estimate of drug-likeness (QED) is 0.738. The number of benzene rings is 1. The van der Waals surface area contributed by atoms with Crippen molar-refractivity contribution in [3.63, 3.8) is 0 Å². The lowest BCUT2D eigenvalue weighted by Crippen LogP contribution is -2.36. The van der Waals surface area contributed by atoms with Crippen LogP contribution in [0.3, 0.4) is 0 Å². The zero-order valence-electron chi connectivity index (χ0n) is 13.6. The molecule has 1 aliphatic rings. The largest absolute Gasteiger partial charge is 0.348 e. The summed E-state index contributed by atoms with van der Waals surface area (Å²) in [5.74, 6) is 0. The van der Waals surface area contributed by atoms with E-state index in [1.165, 1.54) is 16.2 Å². The van der Waals surface area contributed by atoms with Gasteiger partial charge in [-0.15, -0.1) is 11.8 Å². The number of nitrogens with zero attached hydrogens (tertiary/aromatic N) is 3. The van der Waals surface area contributed by atoms with Crippen molar-refractivity contribution in [3.8, 4) is 0 Å². The lowest BCUT2D eigenvalue weighted by molar-refractivity contribution is 0.198. The Morgan fingerprint density at radius 3 is 2.79 bits per heavy atom. The Kier molecular flexibility index (Phi) is 4.36. The monoisotopic (exact) mass is 336 g/mol. The minimum Gasteiger partial charge on any atom is -0.348 e. The average molecular weight is 336 g/mol. The first-order valence-electron chi connectivity index (χ1n) is 8.15. The molecule has 0 radical (unpaired) electrons. The fourth-order valence-electron chi connectivity index (χ4n) is 3.35. The van der Waals surface area contributed by atoms with Crippen LogP contribution in [0, 0.1) is 0 Å². The first kappa shape index (κ1) is 15.4. The molecule has 5 heteroatoms. The molecular weight excluding hydrogens is 316 g/mol. The van der Waals surface area contributed by atoms with Crippen molar-refractivity contribution in [3.05, 3.63) is 77.6 Å². The maximum Gasteiger partial charge on any atom is 0.0926 e. The van der Waals surface area contributed by atoms with Crippen LogP contribution in [0.5, 0.6) is 0 Å². The van der Waals surface area contributed by atoms with Crippen molar-refractivity contribution in [2.45, 2.75) is 23.9 Å². The van der Waals surface area contributed by atoms with Crippen LogP contribution in [-0.4, -0.2) is 32.7 Å². The van der Waals surface area contributed by atoms with Crippen LogP contribution in [0.2, 0.25) is 0 Å². The summed E-state index contributed by atoms with van der Waals surface area (Å²) in [4.78, 5) is 16.2. The number of fused-ring (bicyclic) bond motifs is 1. The molecule has 0 aliphatic carbocycles. The van der Waals surface area contributed by atoms with Crippen LogP contribution in [0.4, 0.5) is 0 Å². The predicted molar refractivity (Wildman–Crippen MR) is 97.0 cm³/mol. The van der Waals surface area contributed by atoms with E-state index in [2.05, 4.69) is 62.5 Å². The second-order valence-electron chi connectivity index (χ2n) is 5.98. The zero-order valence-corrected chi connectivity index (χ0v) is 14.5. The summed E-state index contributed by atoms with van der Waals surface area (Å²) in [6, 6.07) is 15.1. The van der Waals surface area contributed by atoms with E-state index in [9.17, 15) is 0 Å². The first-order chi connectivity index (χ1) is 11.8. The molecule has 2 aromatic heterocycles. The van der Waals surface area contributed by atoms with E-state index in [1.54, 1.807) is 11.8 Å². The summed E-state index contributed by atoms with van der Waals surface area (Å²) >= 11 is 1.77. The van der Waals surface area contributed by atoms with Gasteiger partial charge in [-0.25, -0.2) is 4.98 Å². The molecule has 1 N–H and O–H groups in total. The van der Waals surface area contributed by atoms with Crippen molar-refractivity contribution < 1.29 is 0 Å². The van der Waals surface area contributed by atoms with Crippen molar-refractivity contribution in [2.75, 3.05) is 12.8 Å². The third-order valence-electron chi connectivity index (χ3n) is 4.55. The van der Waals surface area contributed by atoms with Crippen molar-refractivity contribution >= 4 is 11.8 Å². The van der Waals surface area contributed by atoms with Gasteiger partial charge >= 0.3 is 0 Å². The highest BCUT2D eigenvalue weighted by molar-refractivity contribution is 7.98. The molecule has 1 unspecified atom stereocenters. The molecule has 3 heterocycles. The molecule has 0 fully saturated rings. The highest BCUT2D eigenvalue weighted by Crippen LogP contribution is 2.34.